The van der Waals surface area contributed by atoms with E-state index in [0.717, 1.165) is 11.3 Å². The van der Waals surface area contributed by atoms with E-state index in [9.17, 15) is 0 Å². The third kappa shape index (κ3) is 6.28. The molecule has 3 nitrogen and oxygen atoms in total. The Labute approximate surface area is 93.4 Å². The summed E-state index contributed by atoms with van der Waals surface area (Å²) in [7, 11) is 0. The van der Waals surface area contributed by atoms with Crippen LogP contribution in [0.2, 0.25) is 0 Å². The van der Waals surface area contributed by atoms with Gasteiger partial charge in [0.2, 0.25) is 0 Å². The first-order chi connectivity index (χ1) is 6.99. The van der Waals surface area contributed by atoms with E-state index in [1.54, 1.807) is 6.20 Å². The molecule has 0 heterocycles. The van der Waals surface area contributed by atoms with Crippen LogP contribution in [0.25, 0.3) is 0 Å². The Morgan fingerprint density at radius 1 is 1.33 bits per heavy atom. The molecular formula is C12H24N2O. The molecule has 0 fully saturated rings. The molecule has 0 amide bonds. The third-order valence-corrected chi connectivity index (χ3v) is 2.11. The molecule has 0 aliphatic rings. The topological polar surface area (TPSA) is 47.6 Å². The van der Waals surface area contributed by atoms with E-state index in [2.05, 4.69) is 18.8 Å². The summed E-state index contributed by atoms with van der Waals surface area (Å²) < 4.78 is 5.41. The van der Waals surface area contributed by atoms with Crippen LogP contribution >= 0.6 is 0 Å². The summed E-state index contributed by atoms with van der Waals surface area (Å²) in [5, 5.41) is 0. The van der Waals surface area contributed by atoms with Gasteiger partial charge in [-0.1, -0.05) is 13.8 Å². The highest BCUT2D eigenvalue weighted by atomic mass is 16.5. The lowest BCUT2D eigenvalue weighted by Gasteiger charge is -2.10. The van der Waals surface area contributed by atoms with Crippen molar-refractivity contribution in [3.63, 3.8) is 0 Å². The predicted octanol–water partition coefficient (Wildman–Crippen LogP) is 2.37. The molecule has 0 aromatic rings. The lowest BCUT2D eigenvalue weighted by atomic mass is 10.0. The normalized spacial score (nSPS) is 14.1. The van der Waals surface area contributed by atoms with E-state index in [4.69, 9.17) is 10.5 Å². The molecule has 0 aromatic carbocycles. The van der Waals surface area contributed by atoms with Gasteiger partial charge < -0.3 is 10.5 Å². The fourth-order valence-electron chi connectivity index (χ4n) is 1.32. The van der Waals surface area contributed by atoms with Gasteiger partial charge in [0, 0.05) is 5.71 Å². The highest BCUT2D eigenvalue weighted by Gasteiger charge is 2.05. The molecule has 0 atom stereocenters. The number of ether oxygens (including phenoxy) is 1. The largest absolute Gasteiger partial charge is 0.404 e. The molecule has 3 heteroatoms. The first kappa shape index (κ1) is 14.2. The van der Waals surface area contributed by atoms with Crippen molar-refractivity contribution in [2.75, 3.05) is 13.2 Å². The van der Waals surface area contributed by atoms with Gasteiger partial charge in [-0.2, -0.15) is 0 Å². The number of nitrogens with two attached hydrogens (primary N) is 1. The Balaban J connectivity index is 4.08. The van der Waals surface area contributed by atoms with Gasteiger partial charge in [0.25, 0.3) is 0 Å². The number of allylic oxidation sites excluding steroid dienone is 1. The van der Waals surface area contributed by atoms with Gasteiger partial charge in [-0.25, -0.2) is 0 Å². The van der Waals surface area contributed by atoms with Gasteiger partial charge in [-0.05, 0) is 38.5 Å². The maximum absolute atomic E-state index is 5.55. The minimum absolute atomic E-state index is 0.273. The highest BCUT2D eigenvalue weighted by Crippen LogP contribution is 2.10. The Kier molecular flexibility index (Phi) is 7.05. The summed E-state index contributed by atoms with van der Waals surface area (Å²) in [5.74, 6) is 0.421. The van der Waals surface area contributed by atoms with Crippen LogP contribution in [-0.4, -0.2) is 25.0 Å². The molecule has 0 spiro atoms. The Morgan fingerprint density at radius 3 is 2.33 bits per heavy atom. The zero-order valence-electron chi connectivity index (χ0n) is 10.6. The molecule has 0 rings (SSSR count). The summed E-state index contributed by atoms with van der Waals surface area (Å²) in [6, 6.07) is 0. The van der Waals surface area contributed by atoms with E-state index < -0.39 is 0 Å². The van der Waals surface area contributed by atoms with Gasteiger partial charge >= 0.3 is 0 Å². The SMILES string of the molecule is CC(=NCCOC(C)C)/C(=C\N)C(C)C. The molecule has 2 N–H and O–H groups in total. The quantitative estimate of drug-likeness (QED) is 0.543. The molecule has 15 heavy (non-hydrogen) atoms. The molecule has 0 unspecified atom stereocenters. The highest BCUT2D eigenvalue weighted by molar-refractivity contribution is 5.98. The average molecular weight is 212 g/mol. The van der Waals surface area contributed by atoms with Crippen LogP contribution in [0.15, 0.2) is 16.8 Å². The molecule has 0 aromatic heterocycles. The lowest BCUT2D eigenvalue weighted by Crippen LogP contribution is -2.11. The van der Waals surface area contributed by atoms with E-state index >= 15 is 0 Å². The number of rotatable bonds is 6. The number of hydrogen-bond donors (Lipinski definition) is 1. The summed E-state index contributed by atoms with van der Waals surface area (Å²) in [6.07, 6.45) is 1.92. The van der Waals surface area contributed by atoms with Gasteiger partial charge in [-0.15, -0.1) is 0 Å². The second-order valence-electron chi connectivity index (χ2n) is 4.16. The predicted molar refractivity (Wildman–Crippen MR) is 66.2 cm³/mol. The fourth-order valence-corrected chi connectivity index (χ4v) is 1.32. The second-order valence-corrected chi connectivity index (χ2v) is 4.16. The minimum Gasteiger partial charge on any atom is -0.404 e. The van der Waals surface area contributed by atoms with Crippen LogP contribution in [-0.2, 0) is 4.74 Å². The number of hydrogen-bond acceptors (Lipinski definition) is 3. The monoisotopic (exact) mass is 212 g/mol. The van der Waals surface area contributed by atoms with E-state index in [-0.39, 0.29) is 6.10 Å². The standard InChI is InChI=1S/C12H24N2O/c1-9(2)12(8-13)11(5)14-6-7-15-10(3)4/h8-10H,6-7,13H2,1-5H3/b12-8-,14-11?. The molecular weight excluding hydrogens is 188 g/mol. The van der Waals surface area contributed by atoms with Crippen LogP contribution in [0, 0.1) is 5.92 Å². The maximum atomic E-state index is 5.55. The van der Waals surface area contributed by atoms with Gasteiger partial charge in [0.1, 0.15) is 0 Å². The van der Waals surface area contributed by atoms with Crippen LogP contribution in [0.3, 0.4) is 0 Å². The van der Waals surface area contributed by atoms with Gasteiger partial charge in [-0.3, -0.25) is 4.99 Å². The molecule has 88 valence electrons. The summed E-state index contributed by atoms with van der Waals surface area (Å²) in [5.41, 5.74) is 7.68. The Morgan fingerprint density at radius 2 is 1.93 bits per heavy atom. The third-order valence-electron chi connectivity index (χ3n) is 2.11. The first-order valence-corrected chi connectivity index (χ1v) is 5.53. The molecule has 0 aliphatic carbocycles. The maximum Gasteiger partial charge on any atom is 0.0665 e. The summed E-state index contributed by atoms with van der Waals surface area (Å²) in [6.45, 7) is 11.6. The van der Waals surface area contributed by atoms with Crippen LogP contribution in [0.1, 0.15) is 34.6 Å². The van der Waals surface area contributed by atoms with Crippen molar-refractivity contribution >= 4 is 5.71 Å². The minimum atomic E-state index is 0.273. The molecule has 0 aliphatic heterocycles. The van der Waals surface area contributed by atoms with Crippen LogP contribution in [0.4, 0.5) is 0 Å². The Hall–Kier alpha value is -0.830. The molecule has 0 saturated heterocycles. The van der Waals surface area contributed by atoms with Gasteiger partial charge in [0.05, 0.1) is 19.3 Å². The number of aliphatic imine (C=N–C) groups is 1. The zero-order chi connectivity index (χ0) is 11.8. The fraction of sp³-hybridized carbons (Fsp3) is 0.750. The summed E-state index contributed by atoms with van der Waals surface area (Å²) >= 11 is 0. The average Bonchev–Trinajstić information content (AvgIpc) is 2.12. The second kappa shape index (κ2) is 7.46. The lowest BCUT2D eigenvalue weighted by molar-refractivity contribution is 0.0853. The Bertz CT molecular complexity index is 230. The summed E-state index contributed by atoms with van der Waals surface area (Å²) in [4.78, 5) is 4.43. The smallest absolute Gasteiger partial charge is 0.0665 e. The van der Waals surface area contributed by atoms with Crippen LogP contribution < -0.4 is 5.73 Å². The van der Waals surface area contributed by atoms with Crippen molar-refractivity contribution < 1.29 is 4.74 Å². The zero-order valence-corrected chi connectivity index (χ0v) is 10.6. The first-order valence-electron chi connectivity index (χ1n) is 5.53. The van der Waals surface area contributed by atoms with Crippen molar-refractivity contribution in [3.8, 4) is 0 Å². The van der Waals surface area contributed by atoms with Gasteiger partial charge in [0.15, 0.2) is 0 Å². The van der Waals surface area contributed by atoms with Crippen LogP contribution in [0.5, 0.6) is 0 Å². The molecule has 0 radical (unpaired) electrons. The van der Waals surface area contributed by atoms with Crippen molar-refractivity contribution in [2.24, 2.45) is 16.6 Å². The van der Waals surface area contributed by atoms with E-state index in [0.29, 0.717) is 19.1 Å². The van der Waals surface area contributed by atoms with E-state index in [1.165, 1.54) is 0 Å². The van der Waals surface area contributed by atoms with Crippen molar-refractivity contribution in [2.45, 2.75) is 40.7 Å². The number of nitrogens with zero attached hydrogens (tertiary/aromatic N) is 1. The van der Waals surface area contributed by atoms with Crippen molar-refractivity contribution in [1.82, 2.24) is 0 Å². The van der Waals surface area contributed by atoms with E-state index in [1.807, 2.05) is 20.8 Å². The molecule has 0 bridgehead atoms. The molecule has 0 saturated carbocycles. The van der Waals surface area contributed by atoms with Crippen molar-refractivity contribution in [1.29, 1.82) is 0 Å². The van der Waals surface area contributed by atoms with Crippen molar-refractivity contribution in [3.05, 3.63) is 11.8 Å².